The highest BCUT2D eigenvalue weighted by molar-refractivity contribution is 5.93. The van der Waals surface area contributed by atoms with Crippen molar-refractivity contribution in [3.05, 3.63) is 48.4 Å². The molecular formula is C20H25N5O. The standard InChI is InChI=1S/C20H25N5O/c26-20(18-16-17(7-9-21-18)23-10-4-1-5-11-23)25-14-12-24(13-15-25)19-6-2-3-8-22-19/h2-3,6-9,16H,1,4-5,10-15H2. The summed E-state index contributed by atoms with van der Waals surface area (Å²) in [5.74, 6) is 1.01. The van der Waals surface area contributed by atoms with Gasteiger partial charge in [-0.25, -0.2) is 4.98 Å². The quantitative estimate of drug-likeness (QED) is 0.850. The van der Waals surface area contributed by atoms with Gasteiger partial charge < -0.3 is 14.7 Å². The van der Waals surface area contributed by atoms with Crippen molar-refractivity contribution in [3.8, 4) is 0 Å². The molecule has 6 heteroatoms. The Morgan fingerprint density at radius 3 is 2.35 bits per heavy atom. The Kier molecular flexibility index (Phi) is 5.00. The fourth-order valence-corrected chi connectivity index (χ4v) is 3.73. The van der Waals surface area contributed by atoms with Crippen LogP contribution >= 0.6 is 0 Å². The average Bonchev–Trinajstić information content (AvgIpc) is 2.75. The zero-order chi connectivity index (χ0) is 17.8. The molecule has 0 N–H and O–H groups in total. The highest BCUT2D eigenvalue weighted by Crippen LogP contribution is 2.21. The van der Waals surface area contributed by atoms with E-state index in [2.05, 4.69) is 19.8 Å². The van der Waals surface area contributed by atoms with Crippen molar-refractivity contribution in [1.29, 1.82) is 0 Å². The minimum absolute atomic E-state index is 0.0320. The van der Waals surface area contributed by atoms with Crippen molar-refractivity contribution in [2.45, 2.75) is 19.3 Å². The van der Waals surface area contributed by atoms with E-state index < -0.39 is 0 Å². The molecule has 0 atom stereocenters. The molecule has 2 aliphatic heterocycles. The summed E-state index contributed by atoms with van der Waals surface area (Å²) in [6.45, 7) is 5.14. The second-order valence-corrected chi connectivity index (χ2v) is 6.91. The molecule has 26 heavy (non-hydrogen) atoms. The maximum atomic E-state index is 12.9. The van der Waals surface area contributed by atoms with Gasteiger partial charge in [-0.1, -0.05) is 6.07 Å². The number of nitrogens with zero attached hydrogens (tertiary/aromatic N) is 5. The maximum absolute atomic E-state index is 12.9. The van der Waals surface area contributed by atoms with Crippen LogP contribution in [0.4, 0.5) is 11.5 Å². The number of aromatic nitrogens is 2. The molecule has 0 aromatic carbocycles. The van der Waals surface area contributed by atoms with E-state index in [1.54, 1.807) is 6.20 Å². The zero-order valence-corrected chi connectivity index (χ0v) is 15.0. The van der Waals surface area contributed by atoms with Crippen LogP contribution in [0.15, 0.2) is 42.7 Å². The minimum atomic E-state index is 0.0320. The predicted octanol–water partition coefficient (Wildman–Crippen LogP) is 2.43. The molecule has 2 aliphatic rings. The van der Waals surface area contributed by atoms with Gasteiger partial charge in [0.2, 0.25) is 0 Å². The van der Waals surface area contributed by atoms with Crippen molar-refractivity contribution in [1.82, 2.24) is 14.9 Å². The first-order chi connectivity index (χ1) is 12.8. The van der Waals surface area contributed by atoms with Gasteiger partial charge in [-0.15, -0.1) is 0 Å². The van der Waals surface area contributed by atoms with E-state index in [0.29, 0.717) is 18.8 Å². The van der Waals surface area contributed by atoms with Crippen molar-refractivity contribution in [2.24, 2.45) is 0 Å². The summed E-state index contributed by atoms with van der Waals surface area (Å²) >= 11 is 0. The second-order valence-electron chi connectivity index (χ2n) is 6.91. The third-order valence-electron chi connectivity index (χ3n) is 5.22. The summed E-state index contributed by atoms with van der Waals surface area (Å²) in [6, 6.07) is 9.90. The number of anilines is 2. The number of carbonyl (C=O) groups excluding carboxylic acids is 1. The predicted molar refractivity (Wildman–Crippen MR) is 103 cm³/mol. The molecule has 0 unspecified atom stereocenters. The van der Waals surface area contributed by atoms with Crippen LogP contribution in [0.25, 0.3) is 0 Å². The van der Waals surface area contributed by atoms with Crippen molar-refractivity contribution in [2.75, 3.05) is 49.1 Å². The molecule has 0 saturated carbocycles. The molecule has 1 amide bonds. The SMILES string of the molecule is O=C(c1cc(N2CCCCC2)ccn1)N1CCN(c2ccccn2)CC1. The summed E-state index contributed by atoms with van der Waals surface area (Å²) < 4.78 is 0. The summed E-state index contributed by atoms with van der Waals surface area (Å²) in [5.41, 5.74) is 1.68. The number of carbonyl (C=O) groups is 1. The molecule has 0 aliphatic carbocycles. The van der Waals surface area contributed by atoms with Crippen molar-refractivity contribution in [3.63, 3.8) is 0 Å². The van der Waals surface area contributed by atoms with Gasteiger partial charge in [-0.05, 0) is 43.5 Å². The lowest BCUT2D eigenvalue weighted by molar-refractivity contribution is 0.0740. The van der Waals surface area contributed by atoms with Gasteiger partial charge in [0, 0.05) is 57.3 Å². The molecule has 4 rings (SSSR count). The van der Waals surface area contributed by atoms with Gasteiger partial charge in [0.25, 0.3) is 5.91 Å². The Hall–Kier alpha value is -2.63. The highest BCUT2D eigenvalue weighted by Gasteiger charge is 2.24. The number of hydrogen-bond donors (Lipinski definition) is 0. The Labute approximate surface area is 154 Å². The molecule has 0 bridgehead atoms. The molecule has 2 saturated heterocycles. The van der Waals surface area contributed by atoms with Crippen LogP contribution in [0.5, 0.6) is 0 Å². The number of pyridine rings is 2. The lowest BCUT2D eigenvalue weighted by atomic mass is 10.1. The number of rotatable bonds is 3. The normalized spacial score (nSPS) is 18.1. The first kappa shape index (κ1) is 16.8. The number of hydrogen-bond acceptors (Lipinski definition) is 5. The van der Waals surface area contributed by atoms with E-state index in [1.165, 1.54) is 19.3 Å². The third-order valence-corrected chi connectivity index (χ3v) is 5.22. The molecule has 136 valence electrons. The van der Waals surface area contributed by atoms with Crippen LogP contribution in [0.3, 0.4) is 0 Å². The summed E-state index contributed by atoms with van der Waals surface area (Å²) in [6.07, 6.45) is 7.32. The van der Waals surface area contributed by atoms with Gasteiger partial charge in [0.05, 0.1) is 0 Å². The lowest BCUT2D eigenvalue weighted by Gasteiger charge is -2.35. The molecule has 0 radical (unpaired) electrons. The molecule has 0 spiro atoms. The number of piperidine rings is 1. The fourth-order valence-electron chi connectivity index (χ4n) is 3.73. The smallest absolute Gasteiger partial charge is 0.272 e. The van der Waals surface area contributed by atoms with Crippen LogP contribution < -0.4 is 9.80 Å². The van der Waals surface area contributed by atoms with E-state index >= 15 is 0 Å². The van der Waals surface area contributed by atoms with E-state index in [0.717, 1.165) is 37.7 Å². The van der Waals surface area contributed by atoms with E-state index in [9.17, 15) is 4.79 Å². The van der Waals surface area contributed by atoms with Gasteiger partial charge in [-0.3, -0.25) is 9.78 Å². The van der Waals surface area contributed by atoms with E-state index in [-0.39, 0.29) is 5.91 Å². The van der Waals surface area contributed by atoms with Crippen LogP contribution in [0.1, 0.15) is 29.8 Å². The highest BCUT2D eigenvalue weighted by atomic mass is 16.2. The van der Waals surface area contributed by atoms with E-state index in [4.69, 9.17) is 0 Å². The Morgan fingerprint density at radius 2 is 1.62 bits per heavy atom. The van der Waals surface area contributed by atoms with Crippen LogP contribution in [-0.2, 0) is 0 Å². The van der Waals surface area contributed by atoms with Crippen molar-refractivity contribution < 1.29 is 4.79 Å². The van der Waals surface area contributed by atoms with E-state index in [1.807, 2.05) is 41.4 Å². The fraction of sp³-hybridized carbons (Fsp3) is 0.450. The topological polar surface area (TPSA) is 52.6 Å². The maximum Gasteiger partial charge on any atom is 0.272 e. The largest absolute Gasteiger partial charge is 0.371 e. The minimum Gasteiger partial charge on any atom is -0.371 e. The molecular weight excluding hydrogens is 326 g/mol. The van der Waals surface area contributed by atoms with Crippen molar-refractivity contribution >= 4 is 17.4 Å². The van der Waals surface area contributed by atoms with Crippen LogP contribution in [0.2, 0.25) is 0 Å². The van der Waals surface area contributed by atoms with Crippen LogP contribution in [0, 0.1) is 0 Å². The average molecular weight is 351 g/mol. The molecule has 2 aromatic heterocycles. The second kappa shape index (κ2) is 7.72. The lowest BCUT2D eigenvalue weighted by Crippen LogP contribution is -2.49. The summed E-state index contributed by atoms with van der Waals surface area (Å²) in [5, 5.41) is 0. The number of piperazine rings is 1. The monoisotopic (exact) mass is 351 g/mol. The third kappa shape index (κ3) is 3.64. The number of amides is 1. The van der Waals surface area contributed by atoms with Gasteiger partial charge in [-0.2, -0.15) is 0 Å². The van der Waals surface area contributed by atoms with Gasteiger partial charge in [0.1, 0.15) is 11.5 Å². The Bertz CT molecular complexity index is 737. The Morgan fingerprint density at radius 1 is 0.808 bits per heavy atom. The Balaban J connectivity index is 1.40. The van der Waals surface area contributed by atoms with Crippen LogP contribution in [-0.4, -0.2) is 60.0 Å². The molecule has 2 aromatic rings. The van der Waals surface area contributed by atoms with Gasteiger partial charge >= 0.3 is 0 Å². The van der Waals surface area contributed by atoms with Gasteiger partial charge in [0.15, 0.2) is 0 Å². The first-order valence-electron chi connectivity index (χ1n) is 9.47. The molecule has 6 nitrogen and oxygen atoms in total. The molecule has 4 heterocycles. The summed E-state index contributed by atoms with van der Waals surface area (Å²) in [7, 11) is 0. The zero-order valence-electron chi connectivity index (χ0n) is 15.0. The molecule has 2 fully saturated rings. The summed E-state index contributed by atoms with van der Waals surface area (Å²) in [4.78, 5) is 28.1. The first-order valence-corrected chi connectivity index (χ1v) is 9.47.